The summed E-state index contributed by atoms with van der Waals surface area (Å²) in [6, 6.07) is 1.61. The molecule has 0 radical (unpaired) electrons. The lowest BCUT2D eigenvalue weighted by Crippen LogP contribution is -2.14. The third-order valence-electron chi connectivity index (χ3n) is 1.20. The minimum atomic E-state index is -0.862. The second-order valence-corrected chi connectivity index (χ2v) is 3.99. The number of hydrogen-bond acceptors (Lipinski definition) is 6. The van der Waals surface area contributed by atoms with Crippen molar-refractivity contribution in [1.29, 1.82) is 5.26 Å². The Labute approximate surface area is 97.1 Å². The van der Waals surface area contributed by atoms with Crippen LogP contribution in [0.2, 0.25) is 0 Å². The molecule has 0 unspecified atom stereocenters. The van der Waals surface area contributed by atoms with Gasteiger partial charge in [0.1, 0.15) is 11.6 Å². The van der Waals surface area contributed by atoms with Crippen molar-refractivity contribution >= 4 is 36.3 Å². The number of thioether (sulfide) groups is 1. The molecule has 7 heteroatoms. The van der Waals surface area contributed by atoms with E-state index in [2.05, 4.69) is 17.4 Å². The number of primary amides is 1. The smallest absolute Gasteiger partial charge is 0.316 e. The molecule has 0 aliphatic carbocycles. The van der Waals surface area contributed by atoms with Crippen molar-refractivity contribution in [2.75, 3.05) is 12.4 Å². The number of ether oxygens (including phenoxy) is 1. The van der Waals surface area contributed by atoms with E-state index in [9.17, 15) is 9.59 Å². The lowest BCUT2D eigenvalue weighted by Gasteiger charge is -2.02. The first kappa shape index (κ1) is 13.9. The highest BCUT2D eigenvalue weighted by Gasteiger charge is 2.11. The van der Waals surface area contributed by atoms with Gasteiger partial charge in [0.25, 0.3) is 5.91 Å². The van der Waals surface area contributed by atoms with Gasteiger partial charge in [-0.05, 0) is 6.92 Å². The van der Waals surface area contributed by atoms with Crippen LogP contribution in [0.5, 0.6) is 0 Å². The Hall–Kier alpha value is -1.13. The molecule has 0 fully saturated rings. The van der Waals surface area contributed by atoms with Gasteiger partial charge in [0, 0.05) is 0 Å². The number of thiol groups is 1. The Morgan fingerprint density at radius 1 is 1.60 bits per heavy atom. The zero-order chi connectivity index (χ0) is 11.8. The molecule has 2 N–H and O–H groups in total. The maximum Gasteiger partial charge on any atom is 0.316 e. The van der Waals surface area contributed by atoms with E-state index in [0.29, 0.717) is 0 Å². The van der Waals surface area contributed by atoms with E-state index in [1.807, 2.05) is 0 Å². The molecule has 0 saturated heterocycles. The van der Waals surface area contributed by atoms with E-state index in [1.165, 1.54) is 0 Å². The van der Waals surface area contributed by atoms with Gasteiger partial charge < -0.3 is 10.5 Å². The van der Waals surface area contributed by atoms with Gasteiger partial charge in [0.15, 0.2) is 0 Å². The molecule has 0 rings (SSSR count). The zero-order valence-corrected chi connectivity index (χ0v) is 9.73. The average Bonchev–Trinajstić information content (AvgIpc) is 2.15. The van der Waals surface area contributed by atoms with Crippen LogP contribution in [0.3, 0.4) is 0 Å². The average molecular weight is 246 g/mol. The normalized spacial score (nSPS) is 11.3. The molecule has 0 spiro atoms. The Balaban J connectivity index is 4.35. The van der Waals surface area contributed by atoms with Gasteiger partial charge in [-0.3, -0.25) is 9.59 Å². The highest BCUT2D eigenvalue weighted by Crippen LogP contribution is 2.23. The molecule has 0 aliphatic rings. The second-order valence-electron chi connectivity index (χ2n) is 2.25. The molecule has 0 aromatic heterocycles. The van der Waals surface area contributed by atoms with Gasteiger partial charge in [0.2, 0.25) is 0 Å². The van der Waals surface area contributed by atoms with E-state index < -0.39 is 11.9 Å². The van der Waals surface area contributed by atoms with Gasteiger partial charge in [-0.2, -0.15) is 5.26 Å². The molecule has 1 amide bonds. The summed E-state index contributed by atoms with van der Waals surface area (Å²) in [5.74, 6) is -1.31. The number of carbonyl (C=O) groups excluding carboxylic acids is 2. The first-order valence-corrected chi connectivity index (χ1v) is 5.37. The van der Waals surface area contributed by atoms with Crippen molar-refractivity contribution in [3.05, 3.63) is 9.81 Å². The number of rotatable bonds is 5. The predicted molar refractivity (Wildman–Crippen MR) is 59.9 cm³/mol. The minimum absolute atomic E-state index is 0.00880. The van der Waals surface area contributed by atoms with Crippen molar-refractivity contribution < 1.29 is 14.3 Å². The van der Waals surface area contributed by atoms with Crippen LogP contribution < -0.4 is 5.73 Å². The standard InChI is InChI=1S/C8H10N2O3S2/c1-2-13-6(11)4-15-8(14)5(3-9)7(10)12/h14H,2,4H2,1H3,(H2,10,12)/b8-5-. The maximum atomic E-state index is 10.9. The van der Waals surface area contributed by atoms with Crippen LogP contribution in [0.15, 0.2) is 9.81 Å². The summed E-state index contributed by atoms with van der Waals surface area (Å²) in [7, 11) is 0. The fourth-order valence-corrected chi connectivity index (χ4v) is 1.59. The number of esters is 1. The van der Waals surface area contributed by atoms with Gasteiger partial charge in [0.05, 0.1) is 16.6 Å². The summed E-state index contributed by atoms with van der Waals surface area (Å²) < 4.78 is 4.77. The van der Waals surface area contributed by atoms with E-state index in [1.54, 1.807) is 13.0 Å². The third-order valence-corrected chi connectivity index (χ3v) is 2.67. The highest BCUT2D eigenvalue weighted by molar-refractivity contribution is 8.16. The van der Waals surface area contributed by atoms with Crippen LogP contribution in [0, 0.1) is 11.3 Å². The topological polar surface area (TPSA) is 93.2 Å². The Morgan fingerprint density at radius 3 is 2.60 bits per heavy atom. The van der Waals surface area contributed by atoms with Gasteiger partial charge in [-0.1, -0.05) is 0 Å². The van der Waals surface area contributed by atoms with Crippen LogP contribution in [0.1, 0.15) is 6.92 Å². The molecule has 0 heterocycles. The number of nitrogens with zero attached hydrogens (tertiary/aromatic N) is 1. The zero-order valence-electron chi connectivity index (χ0n) is 8.02. The summed E-state index contributed by atoms with van der Waals surface area (Å²) in [6.07, 6.45) is 0. The molecule has 0 aromatic carbocycles. The molecule has 0 saturated carbocycles. The Kier molecular flexibility index (Phi) is 6.66. The molecular formula is C8H10N2O3S2. The van der Waals surface area contributed by atoms with Gasteiger partial charge >= 0.3 is 5.97 Å². The van der Waals surface area contributed by atoms with Crippen LogP contribution in [0.4, 0.5) is 0 Å². The summed E-state index contributed by atoms with van der Waals surface area (Å²) in [5.41, 5.74) is 4.66. The van der Waals surface area contributed by atoms with Crippen molar-refractivity contribution in [3.8, 4) is 6.07 Å². The molecule has 5 nitrogen and oxygen atoms in total. The number of amides is 1. The highest BCUT2D eigenvalue weighted by atomic mass is 32.2. The molecule has 0 atom stereocenters. The predicted octanol–water partition coefficient (Wildman–Crippen LogP) is 0.433. The summed E-state index contributed by atoms with van der Waals surface area (Å²) in [4.78, 5) is 21.6. The van der Waals surface area contributed by atoms with E-state index in [4.69, 9.17) is 11.0 Å². The second kappa shape index (κ2) is 7.20. The number of carbonyl (C=O) groups is 2. The quantitative estimate of drug-likeness (QED) is 0.317. The van der Waals surface area contributed by atoms with Gasteiger partial charge in [-0.15, -0.1) is 24.4 Å². The van der Waals surface area contributed by atoms with E-state index in [-0.39, 0.29) is 22.2 Å². The first-order valence-electron chi connectivity index (χ1n) is 3.94. The molecule has 0 aromatic rings. The van der Waals surface area contributed by atoms with E-state index in [0.717, 1.165) is 11.8 Å². The Morgan fingerprint density at radius 2 is 2.20 bits per heavy atom. The fourth-order valence-electron chi connectivity index (χ4n) is 0.610. The summed E-state index contributed by atoms with van der Waals surface area (Å²) in [5, 5.41) is 8.55. The monoisotopic (exact) mass is 246 g/mol. The molecule has 0 aliphatic heterocycles. The summed E-state index contributed by atoms with van der Waals surface area (Å²) >= 11 is 4.83. The van der Waals surface area contributed by atoms with Crippen LogP contribution in [0.25, 0.3) is 0 Å². The van der Waals surface area contributed by atoms with Crippen molar-refractivity contribution in [2.24, 2.45) is 5.73 Å². The molecule has 82 valence electrons. The van der Waals surface area contributed by atoms with Crippen LogP contribution in [-0.4, -0.2) is 24.2 Å². The number of hydrogen-bond donors (Lipinski definition) is 2. The van der Waals surface area contributed by atoms with Gasteiger partial charge in [-0.25, -0.2) is 0 Å². The largest absolute Gasteiger partial charge is 0.465 e. The minimum Gasteiger partial charge on any atom is -0.465 e. The molecule has 0 bridgehead atoms. The van der Waals surface area contributed by atoms with Crippen molar-refractivity contribution in [2.45, 2.75) is 6.92 Å². The van der Waals surface area contributed by atoms with E-state index >= 15 is 0 Å². The number of nitrogens with two attached hydrogens (primary N) is 1. The van der Waals surface area contributed by atoms with Crippen molar-refractivity contribution in [1.82, 2.24) is 0 Å². The molecule has 15 heavy (non-hydrogen) atoms. The third kappa shape index (κ3) is 5.34. The van der Waals surface area contributed by atoms with Crippen LogP contribution >= 0.6 is 24.4 Å². The fraction of sp³-hybridized carbons (Fsp3) is 0.375. The SMILES string of the molecule is CCOC(=O)CS/C(S)=C(/C#N)C(N)=O. The van der Waals surface area contributed by atoms with Crippen LogP contribution in [-0.2, 0) is 14.3 Å². The summed E-state index contributed by atoms with van der Waals surface area (Å²) in [6.45, 7) is 1.97. The molecular weight excluding hydrogens is 236 g/mol. The lowest BCUT2D eigenvalue weighted by atomic mass is 10.3. The Bertz CT molecular complexity index is 333. The maximum absolute atomic E-state index is 10.9. The van der Waals surface area contributed by atoms with Crippen molar-refractivity contribution in [3.63, 3.8) is 0 Å². The lowest BCUT2D eigenvalue weighted by molar-refractivity contribution is -0.139. The number of nitriles is 1. The first-order chi connectivity index (χ1) is 7.02.